The largest absolute Gasteiger partial charge is 0.475 e. The summed E-state index contributed by atoms with van der Waals surface area (Å²) >= 11 is 0. The van der Waals surface area contributed by atoms with E-state index in [1.165, 1.54) is 12.8 Å². The summed E-state index contributed by atoms with van der Waals surface area (Å²) in [6, 6.07) is 2.21. The van der Waals surface area contributed by atoms with E-state index in [2.05, 4.69) is 33.4 Å². The molecule has 1 saturated carbocycles. The number of hydrogen-bond acceptors (Lipinski definition) is 6. The fourth-order valence-corrected chi connectivity index (χ4v) is 3.47. The lowest BCUT2D eigenvalue weighted by Gasteiger charge is -2.25. The van der Waals surface area contributed by atoms with Crippen LogP contribution in [0.4, 0.5) is 16.0 Å². The van der Waals surface area contributed by atoms with Gasteiger partial charge >= 0.3 is 0 Å². The number of rotatable bonds is 6. The first-order valence-electron chi connectivity index (χ1n) is 9.69. The molecule has 0 spiro atoms. The molecule has 7 nitrogen and oxygen atoms in total. The standard InChI is InChI=1S/C20H27FN6O/c1-13-5-7-15(8-6-13)11-28-18-16(21)9-23-19(26-18)25-17-10-24-27(14(17)2)20(3,4)12-22/h9-10,13,15H,5-8,11H2,1-4H3,(H,23,25,26). The molecule has 1 fully saturated rings. The Kier molecular flexibility index (Phi) is 5.82. The molecule has 0 aliphatic heterocycles. The van der Waals surface area contributed by atoms with Crippen LogP contribution in [0.1, 0.15) is 52.1 Å². The van der Waals surface area contributed by atoms with Gasteiger partial charge in [0.05, 0.1) is 36.5 Å². The van der Waals surface area contributed by atoms with Gasteiger partial charge in [0.2, 0.25) is 11.8 Å². The summed E-state index contributed by atoms with van der Waals surface area (Å²) in [5.41, 5.74) is 0.639. The van der Waals surface area contributed by atoms with E-state index in [0.717, 1.165) is 30.7 Å². The predicted molar refractivity (Wildman–Crippen MR) is 104 cm³/mol. The maximum atomic E-state index is 14.1. The minimum absolute atomic E-state index is 0.0430. The molecule has 0 radical (unpaired) electrons. The summed E-state index contributed by atoms with van der Waals surface area (Å²) in [5.74, 6) is 0.811. The van der Waals surface area contributed by atoms with Crippen LogP contribution in [0.25, 0.3) is 0 Å². The quantitative estimate of drug-likeness (QED) is 0.795. The fourth-order valence-electron chi connectivity index (χ4n) is 3.47. The molecule has 28 heavy (non-hydrogen) atoms. The minimum atomic E-state index is -0.778. The first-order chi connectivity index (χ1) is 13.3. The molecule has 0 amide bonds. The average Bonchev–Trinajstić information content (AvgIpc) is 3.04. The molecule has 1 aliphatic rings. The molecule has 0 unspecified atom stereocenters. The third-order valence-electron chi connectivity index (χ3n) is 5.36. The van der Waals surface area contributed by atoms with Gasteiger partial charge < -0.3 is 10.1 Å². The number of halogens is 1. The molecule has 8 heteroatoms. The first kappa shape index (κ1) is 20.1. The number of anilines is 2. The zero-order chi connectivity index (χ0) is 20.3. The molecular weight excluding hydrogens is 359 g/mol. The zero-order valence-electron chi connectivity index (χ0n) is 16.9. The lowest BCUT2D eigenvalue weighted by Crippen LogP contribution is -2.26. The van der Waals surface area contributed by atoms with E-state index in [0.29, 0.717) is 18.2 Å². The van der Waals surface area contributed by atoms with E-state index < -0.39 is 11.4 Å². The third kappa shape index (κ3) is 4.41. The van der Waals surface area contributed by atoms with Crippen LogP contribution in [0.2, 0.25) is 0 Å². The van der Waals surface area contributed by atoms with Crippen LogP contribution in [-0.4, -0.2) is 26.4 Å². The van der Waals surface area contributed by atoms with Crippen molar-refractivity contribution in [3.05, 3.63) is 23.9 Å². The molecule has 0 atom stereocenters. The van der Waals surface area contributed by atoms with Crippen molar-refractivity contribution < 1.29 is 9.13 Å². The molecule has 1 aliphatic carbocycles. The minimum Gasteiger partial charge on any atom is -0.475 e. The Morgan fingerprint density at radius 1 is 1.32 bits per heavy atom. The highest BCUT2D eigenvalue weighted by Gasteiger charge is 2.24. The van der Waals surface area contributed by atoms with Gasteiger partial charge in [-0.25, -0.2) is 9.67 Å². The number of aromatic nitrogens is 4. The van der Waals surface area contributed by atoms with E-state index in [4.69, 9.17) is 4.74 Å². The highest BCUT2D eigenvalue weighted by atomic mass is 19.1. The van der Waals surface area contributed by atoms with Gasteiger partial charge in [0.25, 0.3) is 5.88 Å². The maximum Gasteiger partial charge on any atom is 0.255 e. The summed E-state index contributed by atoms with van der Waals surface area (Å²) in [5, 5.41) is 16.6. The van der Waals surface area contributed by atoms with Gasteiger partial charge in [0.15, 0.2) is 0 Å². The molecule has 0 saturated heterocycles. The highest BCUT2D eigenvalue weighted by molar-refractivity contribution is 5.55. The Balaban J connectivity index is 1.69. The van der Waals surface area contributed by atoms with E-state index in [9.17, 15) is 9.65 Å². The van der Waals surface area contributed by atoms with Crippen molar-refractivity contribution in [2.75, 3.05) is 11.9 Å². The molecule has 1 N–H and O–H groups in total. The molecule has 0 aromatic carbocycles. The smallest absolute Gasteiger partial charge is 0.255 e. The molecule has 3 rings (SSSR count). The van der Waals surface area contributed by atoms with Crippen LogP contribution in [0.15, 0.2) is 12.4 Å². The second-order valence-electron chi connectivity index (χ2n) is 8.13. The number of ether oxygens (including phenoxy) is 1. The van der Waals surface area contributed by atoms with Crippen LogP contribution in [0, 0.1) is 35.9 Å². The van der Waals surface area contributed by atoms with Crippen LogP contribution in [0.3, 0.4) is 0 Å². The lowest BCUT2D eigenvalue weighted by molar-refractivity contribution is 0.178. The second kappa shape index (κ2) is 8.13. The topological polar surface area (TPSA) is 88.7 Å². The van der Waals surface area contributed by atoms with Gasteiger partial charge in [-0.05, 0) is 45.4 Å². The van der Waals surface area contributed by atoms with Gasteiger partial charge in [0, 0.05) is 0 Å². The van der Waals surface area contributed by atoms with Crippen molar-refractivity contribution in [3.63, 3.8) is 0 Å². The van der Waals surface area contributed by atoms with Crippen molar-refractivity contribution >= 4 is 11.6 Å². The summed E-state index contributed by atoms with van der Waals surface area (Å²) in [7, 11) is 0. The number of nitriles is 1. The fraction of sp³-hybridized carbons (Fsp3) is 0.600. The molecular formula is C20H27FN6O. The van der Waals surface area contributed by atoms with E-state index in [1.54, 1.807) is 24.7 Å². The van der Waals surface area contributed by atoms with E-state index in [-0.39, 0.29) is 11.8 Å². The summed E-state index contributed by atoms with van der Waals surface area (Å²) in [6.45, 7) is 8.14. The Bertz CT molecular complexity index is 864. The van der Waals surface area contributed by atoms with Crippen molar-refractivity contribution in [1.82, 2.24) is 19.7 Å². The average molecular weight is 386 g/mol. The summed E-state index contributed by atoms with van der Waals surface area (Å²) < 4.78 is 21.4. The van der Waals surface area contributed by atoms with Crippen LogP contribution < -0.4 is 10.1 Å². The number of hydrogen-bond donors (Lipinski definition) is 1. The molecule has 0 bridgehead atoms. The summed E-state index contributed by atoms with van der Waals surface area (Å²) in [4.78, 5) is 8.17. The van der Waals surface area contributed by atoms with Gasteiger partial charge in [-0.15, -0.1) is 0 Å². The molecule has 2 aromatic heterocycles. The SMILES string of the molecule is Cc1c(Nc2ncc(F)c(OCC3CCC(C)CC3)n2)cnn1C(C)(C)C#N. The van der Waals surface area contributed by atoms with E-state index >= 15 is 0 Å². The van der Waals surface area contributed by atoms with Crippen molar-refractivity contribution in [1.29, 1.82) is 5.26 Å². The van der Waals surface area contributed by atoms with Gasteiger partial charge in [-0.1, -0.05) is 19.8 Å². The number of nitrogens with one attached hydrogen (secondary N) is 1. The third-order valence-corrected chi connectivity index (χ3v) is 5.36. The normalized spacial score (nSPS) is 19.9. The Hall–Kier alpha value is -2.69. The molecule has 150 valence electrons. The van der Waals surface area contributed by atoms with Gasteiger partial charge in [0.1, 0.15) is 5.54 Å². The first-order valence-corrected chi connectivity index (χ1v) is 9.69. The Morgan fingerprint density at radius 3 is 2.71 bits per heavy atom. The van der Waals surface area contributed by atoms with Crippen molar-refractivity contribution in [2.24, 2.45) is 11.8 Å². The number of nitrogens with zero attached hydrogens (tertiary/aromatic N) is 5. The predicted octanol–water partition coefficient (Wildman–Crippen LogP) is 4.33. The zero-order valence-corrected chi connectivity index (χ0v) is 16.9. The van der Waals surface area contributed by atoms with E-state index in [1.807, 2.05) is 6.92 Å². The van der Waals surface area contributed by atoms with Crippen molar-refractivity contribution in [3.8, 4) is 11.9 Å². The monoisotopic (exact) mass is 386 g/mol. The molecule has 2 heterocycles. The Labute approximate surface area is 164 Å². The molecule has 2 aromatic rings. The second-order valence-corrected chi connectivity index (χ2v) is 8.13. The Morgan fingerprint density at radius 2 is 2.04 bits per heavy atom. The maximum absolute atomic E-state index is 14.1. The van der Waals surface area contributed by atoms with Gasteiger partial charge in [-0.3, -0.25) is 0 Å². The van der Waals surface area contributed by atoms with Crippen molar-refractivity contribution in [2.45, 2.75) is 58.9 Å². The summed E-state index contributed by atoms with van der Waals surface area (Å²) in [6.07, 6.45) is 7.29. The lowest BCUT2D eigenvalue weighted by atomic mass is 9.83. The van der Waals surface area contributed by atoms with Crippen LogP contribution in [0.5, 0.6) is 5.88 Å². The van der Waals surface area contributed by atoms with Crippen LogP contribution >= 0.6 is 0 Å². The highest BCUT2D eigenvalue weighted by Crippen LogP contribution is 2.29. The van der Waals surface area contributed by atoms with Gasteiger partial charge in [-0.2, -0.15) is 19.7 Å². The van der Waals surface area contributed by atoms with Crippen LogP contribution in [-0.2, 0) is 5.54 Å².